The lowest BCUT2D eigenvalue weighted by atomic mass is 9.82. The minimum atomic E-state index is -0.600. The number of carbonyl (C=O) groups is 2. The first-order valence-electron chi connectivity index (χ1n) is 10.9. The van der Waals surface area contributed by atoms with E-state index >= 15 is 0 Å². The van der Waals surface area contributed by atoms with Crippen molar-refractivity contribution >= 4 is 11.9 Å². The van der Waals surface area contributed by atoms with Gasteiger partial charge in [-0.15, -0.1) is 0 Å². The van der Waals surface area contributed by atoms with E-state index < -0.39 is 23.6 Å². The molecule has 5 heteroatoms. The van der Waals surface area contributed by atoms with Gasteiger partial charge in [0.2, 0.25) is 0 Å². The van der Waals surface area contributed by atoms with Gasteiger partial charge in [-0.3, -0.25) is 9.59 Å². The molecule has 1 rings (SSSR count). The quantitative estimate of drug-likeness (QED) is 0.445. The molecule has 4 nitrogen and oxygen atoms in total. The molecule has 0 amide bonds. The Morgan fingerprint density at radius 3 is 2.17 bits per heavy atom. The number of carbonyl (C=O) groups excluding carboxylic acids is 2. The highest BCUT2D eigenvalue weighted by Gasteiger charge is 2.34. The molecule has 0 radical (unpaired) electrons. The highest BCUT2D eigenvalue weighted by atomic mass is 19.1. The normalized spacial score (nSPS) is 16.0. The zero-order chi connectivity index (χ0) is 23.2. The minimum absolute atomic E-state index is 0.000247. The highest BCUT2D eigenvalue weighted by Crippen LogP contribution is 2.33. The van der Waals surface area contributed by atoms with Gasteiger partial charge in [-0.2, -0.15) is 0 Å². The van der Waals surface area contributed by atoms with Crippen molar-refractivity contribution in [3.05, 3.63) is 35.1 Å². The van der Waals surface area contributed by atoms with Crippen LogP contribution in [0.15, 0.2) is 18.2 Å². The molecule has 170 valence electrons. The third kappa shape index (κ3) is 7.73. The number of benzene rings is 1. The fourth-order valence-electron chi connectivity index (χ4n) is 3.88. The molecule has 0 unspecified atom stereocenters. The fraction of sp³-hybridized carbons (Fsp3) is 0.680. The Kier molecular flexibility index (Phi) is 9.51. The maximum absolute atomic E-state index is 13.6. The standard InChI is InChI=1S/C25H39FO4/c1-10-16(4)21(14-22(27)30-25(7,8)9)24(28)29-18(6)23(15(2)3)20-12-11-19(26)13-17(20)5/h11-13,15-16,18,21,23H,10,14H2,1-9H3/t16-,18-,21-,23+/m0/s1. The van der Waals surface area contributed by atoms with Gasteiger partial charge >= 0.3 is 11.9 Å². The number of halogens is 1. The molecule has 0 N–H and O–H groups in total. The molecule has 0 aliphatic carbocycles. The summed E-state index contributed by atoms with van der Waals surface area (Å²) in [5.74, 6) is -1.52. The molecule has 0 saturated heterocycles. The second kappa shape index (κ2) is 10.9. The highest BCUT2D eigenvalue weighted by molar-refractivity contribution is 5.80. The lowest BCUT2D eigenvalue weighted by Crippen LogP contribution is -2.34. The van der Waals surface area contributed by atoms with Crippen LogP contribution >= 0.6 is 0 Å². The maximum Gasteiger partial charge on any atom is 0.310 e. The van der Waals surface area contributed by atoms with E-state index in [4.69, 9.17) is 9.47 Å². The summed E-state index contributed by atoms with van der Waals surface area (Å²) in [6, 6.07) is 4.72. The summed E-state index contributed by atoms with van der Waals surface area (Å²) in [6.45, 7) is 17.2. The number of aryl methyl sites for hydroxylation is 1. The van der Waals surface area contributed by atoms with E-state index in [-0.39, 0.29) is 36.0 Å². The van der Waals surface area contributed by atoms with Gasteiger partial charge in [-0.05, 0) is 69.7 Å². The Morgan fingerprint density at radius 1 is 1.10 bits per heavy atom. The largest absolute Gasteiger partial charge is 0.462 e. The van der Waals surface area contributed by atoms with Gasteiger partial charge in [0, 0.05) is 5.92 Å². The van der Waals surface area contributed by atoms with Crippen molar-refractivity contribution in [2.45, 2.75) is 92.8 Å². The monoisotopic (exact) mass is 422 g/mol. The van der Waals surface area contributed by atoms with Crippen LogP contribution in [0.5, 0.6) is 0 Å². The van der Waals surface area contributed by atoms with E-state index in [0.717, 1.165) is 17.5 Å². The molecule has 0 spiro atoms. The van der Waals surface area contributed by atoms with Crippen molar-refractivity contribution in [2.75, 3.05) is 0 Å². The molecule has 4 atom stereocenters. The molecular weight excluding hydrogens is 383 g/mol. The predicted molar refractivity (Wildman–Crippen MR) is 118 cm³/mol. The zero-order valence-corrected chi connectivity index (χ0v) is 20.0. The molecule has 0 aliphatic rings. The Hall–Kier alpha value is -1.91. The van der Waals surface area contributed by atoms with E-state index in [9.17, 15) is 14.0 Å². The molecular formula is C25H39FO4. The molecule has 0 aromatic heterocycles. The first kappa shape index (κ1) is 26.1. The topological polar surface area (TPSA) is 52.6 Å². The summed E-state index contributed by atoms with van der Waals surface area (Å²) in [5.41, 5.74) is 1.21. The van der Waals surface area contributed by atoms with Crippen LogP contribution in [0.4, 0.5) is 4.39 Å². The van der Waals surface area contributed by atoms with E-state index in [1.807, 2.05) is 48.5 Å². The predicted octanol–water partition coefficient (Wildman–Crippen LogP) is 6.20. The third-order valence-corrected chi connectivity index (χ3v) is 5.56. The van der Waals surface area contributed by atoms with Crippen LogP contribution in [0, 0.1) is 30.5 Å². The smallest absolute Gasteiger partial charge is 0.310 e. The molecule has 0 aliphatic heterocycles. The van der Waals surface area contributed by atoms with E-state index in [0.29, 0.717) is 0 Å². The van der Waals surface area contributed by atoms with E-state index in [2.05, 4.69) is 13.8 Å². The van der Waals surface area contributed by atoms with Gasteiger partial charge in [-0.1, -0.05) is 40.2 Å². The summed E-state index contributed by atoms with van der Waals surface area (Å²) in [7, 11) is 0. The Balaban J connectivity index is 3.03. The van der Waals surface area contributed by atoms with Gasteiger partial charge in [0.1, 0.15) is 17.5 Å². The van der Waals surface area contributed by atoms with Crippen LogP contribution < -0.4 is 0 Å². The van der Waals surface area contributed by atoms with Gasteiger partial charge in [0.15, 0.2) is 0 Å². The van der Waals surface area contributed by atoms with Gasteiger partial charge < -0.3 is 9.47 Å². The van der Waals surface area contributed by atoms with Gasteiger partial charge in [-0.25, -0.2) is 4.39 Å². The molecule has 0 fully saturated rings. The SMILES string of the molecule is CC[C@H](C)[C@H](CC(=O)OC(C)(C)C)C(=O)O[C@@H](C)[C@H](c1ccc(F)cc1C)C(C)C. The molecule has 1 aromatic carbocycles. The van der Waals surface area contributed by atoms with Crippen LogP contribution in [0.2, 0.25) is 0 Å². The number of hydrogen-bond donors (Lipinski definition) is 0. The molecule has 30 heavy (non-hydrogen) atoms. The number of esters is 2. The first-order chi connectivity index (χ1) is 13.8. The lowest BCUT2D eigenvalue weighted by molar-refractivity contribution is -0.166. The van der Waals surface area contributed by atoms with Crippen LogP contribution in [0.25, 0.3) is 0 Å². The van der Waals surface area contributed by atoms with Gasteiger partial charge in [0.05, 0.1) is 12.3 Å². The Labute approximate surface area is 181 Å². The Morgan fingerprint density at radius 2 is 1.70 bits per heavy atom. The zero-order valence-electron chi connectivity index (χ0n) is 20.0. The van der Waals surface area contributed by atoms with Crippen LogP contribution in [0.3, 0.4) is 0 Å². The van der Waals surface area contributed by atoms with Crippen molar-refractivity contribution in [2.24, 2.45) is 17.8 Å². The summed E-state index contributed by atoms with van der Waals surface area (Å²) in [6.07, 6.45) is 0.341. The van der Waals surface area contributed by atoms with Crippen LogP contribution in [0.1, 0.15) is 85.3 Å². The maximum atomic E-state index is 13.6. The number of ether oxygens (including phenoxy) is 2. The van der Waals surface area contributed by atoms with Crippen molar-refractivity contribution < 1.29 is 23.5 Å². The summed E-state index contributed by atoms with van der Waals surface area (Å²) >= 11 is 0. The average Bonchev–Trinajstić information content (AvgIpc) is 2.59. The van der Waals surface area contributed by atoms with Crippen molar-refractivity contribution in [3.63, 3.8) is 0 Å². The molecule has 0 bridgehead atoms. The van der Waals surface area contributed by atoms with Crippen molar-refractivity contribution in [1.29, 1.82) is 0 Å². The van der Waals surface area contributed by atoms with Crippen LogP contribution in [-0.4, -0.2) is 23.6 Å². The summed E-state index contributed by atoms with van der Waals surface area (Å²) in [4.78, 5) is 25.4. The number of rotatable bonds is 9. The van der Waals surface area contributed by atoms with Crippen molar-refractivity contribution in [3.8, 4) is 0 Å². The van der Waals surface area contributed by atoms with Gasteiger partial charge in [0.25, 0.3) is 0 Å². The fourth-order valence-corrected chi connectivity index (χ4v) is 3.88. The Bertz CT molecular complexity index is 720. The second-order valence-corrected chi connectivity index (χ2v) is 9.70. The van der Waals surface area contributed by atoms with E-state index in [1.54, 1.807) is 6.07 Å². The summed E-state index contributed by atoms with van der Waals surface area (Å²) in [5, 5.41) is 0. The molecule has 1 aromatic rings. The second-order valence-electron chi connectivity index (χ2n) is 9.70. The minimum Gasteiger partial charge on any atom is -0.462 e. The van der Waals surface area contributed by atoms with Crippen molar-refractivity contribution in [1.82, 2.24) is 0 Å². The van der Waals surface area contributed by atoms with Crippen LogP contribution in [-0.2, 0) is 19.1 Å². The third-order valence-electron chi connectivity index (χ3n) is 5.56. The van der Waals surface area contributed by atoms with E-state index in [1.165, 1.54) is 12.1 Å². The number of hydrogen-bond acceptors (Lipinski definition) is 4. The first-order valence-corrected chi connectivity index (χ1v) is 10.9. The average molecular weight is 423 g/mol. The summed E-state index contributed by atoms with van der Waals surface area (Å²) < 4.78 is 24.9. The lowest BCUT2D eigenvalue weighted by Gasteiger charge is -2.31. The molecule has 0 saturated carbocycles. The molecule has 0 heterocycles.